The molecule has 0 aliphatic carbocycles. The van der Waals surface area contributed by atoms with Gasteiger partial charge < -0.3 is 19.9 Å². The van der Waals surface area contributed by atoms with Crippen molar-refractivity contribution in [3.05, 3.63) is 65.5 Å². The number of ether oxygens (including phenoxy) is 2. The number of carbonyl (C=O) groups excluding carboxylic acids is 1. The van der Waals surface area contributed by atoms with Crippen molar-refractivity contribution in [2.75, 3.05) is 18.5 Å². The summed E-state index contributed by atoms with van der Waals surface area (Å²) in [6.45, 7) is 0.670. The first kappa shape index (κ1) is 16.8. The molecular weight excluding hydrogens is 353 g/mol. The van der Waals surface area contributed by atoms with Gasteiger partial charge in [-0.25, -0.2) is 9.18 Å². The molecule has 0 radical (unpaired) electrons. The van der Waals surface area contributed by atoms with E-state index < -0.39 is 11.9 Å². The van der Waals surface area contributed by atoms with Gasteiger partial charge in [-0.1, -0.05) is 12.1 Å². The summed E-state index contributed by atoms with van der Waals surface area (Å²) >= 11 is 0. The van der Waals surface area contributed by atoms with E-state index in [0.717, 1.165) is 0 Å². The van der Waals surface area contributed by atoms with E-state index in [1.807, 2.05) is 0 Å². The molecule has 0 spiro atoms. The number of hydrogen-bond donors (Lipinski definition) is 2. The van der Waals surface area contributed by atoms with Gasteiger partial charge in [-0.15, -0.1) is 0 Å². The summed E-state index contributed by atoms with van der Waals surface area (Å²) in [7, 11) is 0. The second-order valence-electron chi connectivity index (χ2n) is 6.01. The Morgan fingerprint density at radius 2 is 1.59 bits per heavy atom. The van der Waals surface area contributed by atoms with Crippen LogP contribution in [0.25, 0.3) is 10.8 Å². The van der Waals surface area contributed by atoms with Crippen LogP contribution in [0.15, 0.2) is 48.5 Å². The minimum absolute atomic E-state index is 0.101. The molecule has 0 fully saturated rings. The van der Waals surface area contributed by atoms with Crippen molar-refractivity contribution in [3.63, 3.8) is 0 Å². The highest BCUT2D eigenvalue weighted by atomic mass is 19.1. The predicted octanol–water partition coefficient (Wildman–Crippen LogP) is 3.70. The summed E-state index contributed by atoms with van der Waals surface area (Å²) in [6.07, 6.45) is 0. The lowest BCUT2D eigenvalue weighted by Crippen LogP contribution is -2.19. The smallest absolute Gasteiger partial charge is 0.337 e. The summed E-state index contributed by atoms with van der Waals surface area (Å²) in [5.41, 5.74) is 0.326. The van der Waals surface area contributed by atoms with Gasteiger partial charge in [-0.2, -0.15) is 0 Å². The summed E-state index contributed by atoms with van der Waals surface area (Å²) in [5.74, 6) is -1.35. The second-order valence-corrected chi connectivity index (χ2v) is 6.01. The summed E-state index contributed by atoms with van der Waals surface area (Å²) in [4.78, 5) is 24.2. The molecular formula is C20H14FNO5. The zero-order valence-electron chi connectivity index (χ0n) is 14.0. The zero-order chi connectivity index (χ0) is 19.0. The minimum Gasteiger partial charge on any atom is -0.486 e. The van der Waals surface area contributed by atoms with Crippen molar-refractivity contribution in [1.82, 2.24) is 0 Å². The quantitative estimate of drug-likeness (QED) is 0.737. The third-order valence-electron chi connectivity index (χ3n) is 4.23. The topological polar surface area (TPSA) is 84.9 Å². The molecule has 0 aromatic heterocycles. The fourth-order valence-corrected chi connectivity index (χ4v) is 2.92. The molecule has 3 aromatic carbocycles. The molecule has 1 heterocycles. The van der Waals surface area contributed by atoms with Crippen LogP contribution in [0.3, 0.4) is 0 Å². The largest absolute Gasteiger partial charge is 0.486 e. The van der Waals surface area contributed by atoms with Crippen molar-refractivity contribution >= 4 is 28.3 Å². The molecule has 0 saturated carbocycles. The number of halogens is 1. The maximum atomic E-state index is 13.3. The number of carboxylic acid groups (broad SMARTS) is 1. The van der Waals surface area contributed by atoms with Gasteiger partial charge in [0.05, 0.1) is 11.3 Å². The number of carboxylic acids is 1. The lowest BCUT2D eigenvalue weighted by atomic mass is 10.1. The Balaban J connectivity index is 1.68. The molecule has 1 amide bonds. The first-order chi connectivity index (χ1) is 13.0. The molecule has 2 N–H and O–H groups in total. The van der Waals surface area contributed by atoms with E-state index in [1.54, 1.807) is 24.3 Å². The summed E-state index contributed by atoms with van der Waals surface area (Å²) < 4.78 is 24.1. The maximum Gasteiger partial charge on any atom is 0.337 e. The molecule has 1 aliphatic rings. The standard InChI is InChI=1S/C20H14FNO5/c21-14-4-3-11-7-13(2-1-12(11)8-14)19(23)22-16-10-18-17(26-5-6-27-18)9-15(16)20(24)25/h1-4,7-10H,5-6H2,(H,22,23)(H,24,25). The Morgan fingerprint density at radius 1 is 0.926 bits per heavy atom. The Morgan fingerprint density at radius 3 is 2.33 bits per heavy atom. The van der Waals surface area contributed by atoms with Crippen molar-refractivity contribution in [1.29, 1.82) is 0 Å². The second kappa shape index (κ2) is 6.60. The van der Waals surface area contributed by atoms with E-state index in [9.17, 15) is 19.1 Å². The Kier molecular flexibility index (Phi) is 4.12. The lowest BCUT2D eigenvalue weighted by Gasteiger charge is -2.20. The van der Waals surface area contributed by atoms with E-state index in [2.05, 4.69) is 5.32 Å². The van der Waals surface area contributed by atoms with E-state index in [1.165, 1.54) is 24.3 Å². The molecule has 0 atom stereocenters. The van der Waals surface area contributed by atoms with Crippen LogP contribution in [-0.4, -0.2) is 30.2 Å². The van der Waals surface area contributed by atoms with Gasteiger partial charge in [-0.05, 0) is 35.0 Å². The number of rotatable bonds is 3. The highest BCUT2D eigenvalue weighted by molar-refractivity contribution is 6.09. The molecule has 7 heteroatoms. The minimum atomic E-state index is -1.20. The molecule has 4 rings (SSSR count). The van der Waals surface area contributed by atoms with Crippen molar-refractivity contribution < 1.29 is 28.6 Å². The fraction of sp³-hybridized carbons (Fsp3) is 0.100. The monoisotopic (exact) mass is 367 g/mol. The third kappa shape index (κ3) is 3.27. The summed E-state index contributed by atoms with van der Waals surface area (Å²) in [5, 5.41) is 13.4. The maximum absolute atomic E-state index is 13.3. The number of carbonyl (C=O) groups is 2. The highest BCUT2D eigenvalue weighted by Gasteiger charge is 2.21. The molecule has 0 unspecified atom stereocenters. The van der Waals surface area contributed by atoms with Crippen LogP contribution >= 0.6 is 0 Å². The van der Waals surface area contributed by atoms with E-state index >= 15 is 0 Å². The van der Waals surface area contributed by atoms with Crippen LogP contribution in [-0.2, 0) is 0 Å². The van der Waals surface area contributed by atoms with Crippen molar-refractivity contribution in [3.8, 4) is 11.5 Å². The molecule has 0 bridgehead atoms. The van der Waals surface area contributed by atoms with Crippen LogP contribution in [0.4, 0.5) is 10.1 Å². The van der Waals surface area contributed by atoms with E-state index in [-0.39, 0.29) is 17.1 Å². The Bertz CT molecular complexity index is 1080. The first-order valence-electron chi connectivity index (χ1n) is 8.19. The number of benzene rings is 3. The molecule has 6 nitrogen and oxygen atoms in total. The third-order valence-corrected chi connectivity index (χ3v) is 4.23. The van der Waals surface area contributed by atoms with Gasteiger partial charge in [0.1, 0.15) is 19.0 Å². The number of anilines is 1. The lowest BCUT2D eigenvalue weighted by molar-refractivity contribution is 0.0697. The van der Waals surface area contributed by atoms with Crippen LogP contribution in [0.5, 0.6) is 11.5 Å². The number of aromatic carboxylic acids is 1. The van der Waals surface area contributed by atoms with Gasteiger partial charge in [-0.3, -0.25) is 4.79 Å². The average molecular weight is 367 g/mol. The van der Waals surface area contributed by atoms with Gasteiger partial charge >= 0.3 is 5.97 Å². The highest BCUT2D eigenvalue weighted by Crippen LogP contribution is 2.36. The SMILES string of the molecule is O=C(Nc1cc2c(cc1C(=O)O)OCCO2)c1ccc2cc(F)ccc2c1. The fourth-order valence-electron chi connectivity index (χ4n) is 2.92. The van der Waals surface area contributed by atoms with E-state index in [4.69, 9.17) is 9.47 Å². The number of nitrogens with one attached hydrogen (secondary N) is 1. The number of amides is 1. The van der Waals surface area contributed by atoms with Gasteiger partial charge in [0, 0.05) is 17.7 Å². The van der Waals surface area contributed by atoms with Crippen molar-refractivity contribution in [2.24, 2.45) is 0 Å². The van der Waals surface area contributed by atoms with Gasteiger partial charge in [0.15, 0.2) is 11.5 Å². The first-order valence-corrected chi connectivity index (χ1v) is 8.19. The number of hydrogen-bond acceptors (Lipinski definition) is 4. The van der Waals surface area contributed by atoms with Crippen LogP contribution in [0.1, 0.15) is 20.7 Å². The number of fused-ring (bicyclic) bond motifs is 2. The normalized spacial score (nSPS) is 12.6. The molecule has 27 heavy (non-hydrogen) atoms. The Labute approximate surface area is 153 Å². The molecule has 1 aliphatic heterocycles. The van der Waals surface area contributed by atoms with Crippen molar-refractivity contribution in [2.45, 2.75) is 0 Å². The average Bonchev–Trinajstić information content (AvgIpc) is 2.66. The van der Waals surface area contributed by atoms with Crippen LogP contribution < -0.4 is 14.8 Å². The Hall–Kier alpha value is -3.61. The summed E-state index contributed by atoms with van der Waals surface area (Å²) in [6, 6.07) is 11.8. The van der Waals surface area contributed by atoms with Crippen LogP contribution in [0, 0.1) is 5.82 Å². The van der Waals surface area contributed by atoms with Gasteiger partial charge in [0.25, 0.3) is 5.91 Å². The molecule has 0 saturated heterocycles. The predicted molar refractivity (Wildman–Crippen MR) is 96.3 cm³/mol. The van der Waals surface area contributed by atoms with Crippen LogP contribution in [0.2, 0.25) is 0 Å². The van der Waals surface area contributed by atoms with E-state index in [0.29, 0.717) is 41.0 Å². The van der Waals surface area contributed by atoms with Gasteiger partial charge in [0.2, 0.25) is 0 Å². The molecule has 3 aromatic rings. The zero-order valence-corrected chi connectivity index (χ0v) is 14.0. The molecule has 136 valence electrons.